The molecule has 1 aliphatic carbocycles. The third-order valence-corrected chi connectivity index (χ3v) is 4.48. The summed E-state index contributed by atoms with van der Waals surface area (Å²) in [7, 11) is 0. The maximum Gasteiger partial charge on any atom is 0.485 e. The molecule has 0 spiro atoms. The van der Waals surface area contributed by atoms with Gasteiger partial charge in [-0.1, -0.05) is 25.0 Å². The molecule has 0 atom stereocenters. The zero-order valence-electron chi connectivity index (χ0n) is 14.0. The molecule has 0 aliphatic heterocycles. The lowest BCUT2D eigenvalue weighted by molar-refractivity contribution is 0.319. The average Bonchev–Trinajstić information content (AvgIpc) is 3.17. The molecule has 5 heteroatoms. The van der Waals surface area contributed by atoms with Gasteiger partial charge < -0.3 is 19.1 Å². The van der Waals surface area contributed by atoms with Crippen molar-refractivity contribution in [2.75, 3.05) is 6.61 Å². The Morgan fingerprint density at radius 2 is 2.17 bits per heavy atom. The van der Waals surface area contributed by atoms with Crippen LogP contribution in [0.1, 0.15) is 54.5 Å². The number of oxazole rings is 1. The predicted octanol–water partition coefficient (Wildman–Crippen LogP) is 3.87. The molecule has 0 radical (unpaired) electrons. The number of ether oxygens (including phenoxy) is 1. The number of carboxylic acid groups (broad SMARTS) is 1. The first-order chi connectivity index (χ1) is 11.6. The molecule has 2 N–H and O–H groups in total. The van der Waals surface area contributed by atoms with Crippen LogP contribution in [0.15, 0.2) is 28.7 Å². The number of carboxylic acids is 1. The van der Waals surface area contributed by atoms with Crippen molar-refractivity contribution in [2.45, 2.75) is 51.4 Å². The van der Waals surface area contributed by atoms with Crippen molar-refractivity contribution in [1.29, 1.82) is 0 Å². The highest BCUT2D eigenvalue weighted by Gasteiger charge is 2.23. The van der Waals surface area contributed by atoms with Gasteiger partial charge in [0.25, 0.3) is 0 Å². The Bertz CT molecular complexity index is 701. The average molecular weight is 330 g/mol. The number of aryl methyl sites for hydroxylation is 1. The van der Waals surface area contributed by atoms with Gasteiger partial charge in [0.05, 0.1) is 12.3 Å². The van der Waals surface area contributed by atoms with E-state index in [0.717, 1.165) is 22.9 Å². The van der Waals surface area contributed by atoms with E-state index >= 15 is 0 Å². The third-order valence-electron chi connectivity index (χ3n) is 4.48. The van der Waals surface area contributed by atoms with Crippen LogP contribution in [0.2, 0.25) is 0 Å². The topological polar surface area (TPSA) is 76.9 Å². The highest BCUT2D eigenvalue weighted by Crippen LogP contribution is 2.34. The molecule has 0 amide bonds. The van der Waals surface area contributed by atoms with Gasteiger partial charge in [-0.3, -0.25) is 0 Å². The lowest BCUT2D eigenvalue weighted by Gasteiger charge is -2.06. The van der Waals surface area contributed by atoms with Gasteiger partial charge in [0.1, 0.15) is 17.9 Å². The molecular formula is C19H24NO4+. The summed E-state index contributed by atoms with van der Waals surface area (Å²) in [5.74, 6) is 2.37. The van der Waals surface area contributed by atoms with Crippen LogP contribution in [0, 0.1) is 6.92 Å². The molecule has 128 valence electrons. The van der Waals surface area contributed by atoms with Crippen LogP contribution in [-0.4, -0.2) is 27.5 Å². The summed E-state index contributed by atoms with van der Waals surface area (Å²) >= 11 is 0. The van der Waals surface area contributed by atoms with Crippen LogP contribution >= 0.6 is 0 Å². The van der Waals surface area contributed by atoms with E-state index in [0.29, 0.717) is 24.7 Å². The molecule has 1 aromatic carbocycles. The minimum absolute atomic E-state index is 0.115. The van der Waals surface area contributed by atoms with E-state index in [1.165, 1.54) is 25.7 Å². The van der Waals surface area contributed by atoms with E-state index in [1.807, 2.05) is 31.2 Å². The number of hydrogen-bond donors (Lipinski definition) is 1. The first kappa shape index (κ1) is 16.6. The van der Waals surface area contributed by atoms with E-state index in [4.69, 9.17) is 19.1 Å². The maximum atomic E-state index is 8.96. The Hall–Kier alpha value is -2.30. The van der Waals surface area contributed by atoms with Gasteiger partial charge >= 0.3 is 5.97 Å². The lowest BCUT2D eigenvalue weighted by atomic mass is 10.1. The minimum Gasteiger partial charge on any atom is -0.493 e. The van der Waals surface area contributed by atoms with Crippen molar-refractivity contribution in [2.24, 2.45) is 0 Å². The molecule has 1 aliphatic rings. The molecule has 1 heterocycles. The molecule has 2 aromatic rings. The molecule has 24 heavy (non-hydrogen) atoms. The fourth-order valence-electron chi connectivity index (χ4n) is 3.22. The third kappa shape index (κ3) is 4.16. The van der Waals surface area contributed by atoms with Crippen LogP contribution in [0.25, 0.3) is 0 Å². The molecule has 5 nitrogen and oxygen atoms in total. The quantitative estimate of drug-likeness (QED) is 0.782. The number of aliphatic hydroxyl groups excluding tert-OH is 1. The lowest BCUT2D eigenvalue weighted by Crippen LogP contribution is -2.04. The Labute approximate surface area is 141 Å². The Morgan fingerprint density at radius 3 is 2.92 bits per heavy atom. The minimum atomic E-state index is -0.593. The first-order valence-electron chi connectivity index (χ1n) is 8.53. The molecule has 1 fully saturated rings. The standard InChI is InChI=1S/C19H23NO4/c1-13-17(20-19(24-13)15-6-2-3-7-15)9-10-23-16-8-4-5-14(11-16)12-18(21)22/h4-5,8,11,15H,2-3,6-7,9-10,12H2,1H3,(H,21,22)/p+1. The molecule has 0 saturated heterocycles. The van der Waals surface area contributed by atoms with E-state index in [2.05, 4.69) is 4.98 Å². The van der Waals surface area contributed by atoms with Gasteiger partial charge in [0.2, 0.25) is 0 Å². The van der Waals surface area contributed by atoms with Crippen LogP contribution in [0.4, 0.5) is 0 Å². The largest absolute Gasteiger partial charge is 0.493 e. The van der Waals surface area contributed by atoms with Gasteiger partial charge in [-0.15, -0.1) is 0 Å². The van der Waals surface area contributed by atoms with Crippen LogP contribution in [-0.2, 0) is 12.8 Å². The van der Waals surface area contributed by atoms with Gasteiger partial charge in [0, 0.05) is 12.3 Å². The Kier molecular flexibility index (Phi) is 5.18. The Morgan fingerprint density at radius 1 is 1.38 bits per heavy atom. The Balaban J connectivity index is 1.55. The molecule has 0 bridgehead atoms. The van der Waals surface area contributed by atoms with Gasteiger partial charge in [0.15, 0.2) is 5.89 Å². The van der Waals surface area contributed by atoms with Gasteiger partial charge in [-0.2, -0.15) is 0 Å². The number of nitrogens with zero attached hydrogens (tertiary/aromatic N) is 1. The van der Waals surface area contributed by atoms with E-state index in [-0.39, 0.29) is 6.42 Å². The number of aromatic nitrogens is 1. The van der Waals surface area contributed by atoms with Crippen LogP contribution in [0.5, 0.6) is 5.75 Å². The van der Waals surface area contributed by atoms with Crippen molar-refractivity contribution in [3.8, 4) is 5.75 Å². The van der Waals surface area contributed by atoms with Crippen molar-refractivity contribution in [1.82, 2.24) is 4.98 Å². The van der Waals surface area contributed by atoms with E-state index in [9.17, 15) is 0 Å². The second-order valence-electron chi connectivity index (χ2n) is 6.38. The summed E-state index contributed by atoms with van der Waals surface area (Å²) in [5.41, 5.74) is 1.77. The molecular weight excluding hydrogens is 306 g/mol. The first-order valence-corrected chi connectivity index (χ1v) is 8.53. The van der Waals surface area contributed by atoms with Crippen molar-refractivity contribution in [3.05, 3.63) is 47.2 Å². The molecule has 1 saturated carbocycles. The van der Waals surface area contributed by atoms with Crippen molar-refractivity contribution in [3.63, 3.8) is 0 Å². The van der Waals surface area contributed by atoms with Gasteiger partial charge in [-0.25, -0.2) is 4.98 Å². The number of aliphatic carboxylic acids is 1. The maximum absolute atomic E-state index is 8.96. The highest BCUT2D eigenvalue weighted by atomic mass is 16.5. The number of benzene rings is 1. The summed E-state index contributed by atoms with van der Waals surface area (Å²) in [6.45, 7) is 2.47. The molecule has 1 aromatic heterocycles. The van der Waals surface area contributed by atoms with Gasteiger partial charge in [-0.05, 0) is 37.5 Å². The summed E-state index contributed by atoms with van der Waals surface area (Å²) in [5, 5.41) is 8.96. The fourth-order valence-corrected chi connectivity index (χ4v) is 3.22. The monoisotopic (exact) mass is 330 g/mol. The second kappa shape index (κ2) is 7.51. The number of hydrogen-bond acceptors (Lipinski definition) is 3. The number of rotatable bonds is 7. The van der Waals surface area contributed by atoms with E-state index in [1.54, 1.807) is 0 Å². The zero-order chi connectivity index (χ0) is 16.9. The normalized spacial score (nSPS) is 14.9. The summed E-state index contributed by atoms with van der Waals surface area (Å²) < 4.78 is 11.6. The summed E-state index contributed by atoms with van der Waals surface area (Å²) in [6, 6.07) is 7.34. The molecule has 3 rings (SSSR count). The highest BCUT2D eigenvalue weighted by molar-refractivity contribution is 5.71. The smallest absolute Gasteiger partial charge is 0.485 e. The van der Waals surface area contributed by atoms with E-state index < -0.39 is 5.97 Å². The SMILES string of the molecule is Cc1oc(C2CCCC2)nc1CCOc1cccc(CC(O)=[OH+])c1. The van der Waals surface area contributed by atoms with Crippen molar-refractivity contribution >= 4 is 5.97 Å². The summed E-state index contributed by atoms with van der Waals surface area (Å²) in [4.78, 5) is 13.6. The van der Waals surface area contributed by atoms with Crippen LogP contribution in [0.3, 0.4) is 0 Å². The second-order valence-corrected chi connectivity index (χ2v) is 6.38. The molecule has 0 unspecified atom stereocenters. The van der Waals surface area contributed by atoms with Crippen molar-refractivity contribution < 1.29 is 19.1 Å². The predicted molar refractivity (Wildman–Crippen MR) is 91.4 cm³/mol. The summed E-state index contributed by atoms with van der Waals surface area (Å²) in [6.07, 6.45) is 5.70. The fraction of sp³-hybridized carbons (Fsp3) is 0.474. The van der Waals surface area contributed by atoms with Crippen LogP contribution < -0.4 is 4.74 Å². The zero-order valence-corrected chi connectivity index (χ0v) is 14.0.